The first kappa shape index (κ1) is 20.9. The molecule has 3 aromatic carbocycles. The zero-order valence-corrected chi connectivity index (χ0v) is 18.2. The van der Waals surface area contributed by atoms with E-state index in [1.54, 1.807) is 4.90 Å². The monoisotopic (exact) mass is 416 g/mol. The second-order valence-electron chi connectivity index (χ2n) is 9.09. The van der Waals surface area contributed by atoms with Crippen molar-refractivity contribution < 1.29 is 14.3 Å². The van der Waals surface area contributed by atoms with Crippen LogP contribution in [0.2, 0.25) is 0 Å². The molecule has 5 nitrogen and oxygen atoms in total. The maximum Gasteiger partial charge on any atom is 0.261 e. The Morgan fingerprint density at radius 2 is 1.68 bits per heavy atom. The Bertz CT molecular complexity index is 1100. The lowest BCUT2D eigenvalue weighted by Gasteiger charge is -2.38. The summed E-state index contributed by atoms with van der Waals surface area (Å²) in [6.07, 6.45) is 0. The SMILES string of the molecule is CC(C)(C)C(C(=O)NCc1ccccc1)N1Cc2cc3ccccc3cc2OCC1=O. The van der Waals surface area contributed by atoms with Gasteiger partial charge in [0.15, 0.2) is 6.61 Å². The van der Waals surface area contributed by atoms with Gasteiger partial charge >= 0.3 is 0 Å². The zero-order chi connectivity index (χ0) is 22.0. The number of nitrogens with one attached hydrogen (secondary N) is 1. The van der Waals surface area contributed by atoms with E-state index in [-0.39, 0.29) is 18.4 Å². The van der Waals surface area contributed by atoms with Crippen LogP contribution >= 0.6 is 0 Å². The molecule has 1 N–H and O–H groups in total. The molecule has 0 radical (unpaired) electrons. The molecule has 0 aliphatic carbocycles. The first-order valence-electron chi connectivity index (χ1n) is 10.6. The highest BCUT2D eigenvalue weighted by Crippen LogP contribution is 2.33. The number of carbonyl (C=O) groups is 2. The fraction of sp³-hybridized carbons (Fsp3) is 0.308. The Morgan fingerprint density at radius 1 is 1.03 bits per heavy atom. The van der Waals surface area contributed by atoms with E-state index in [9.17, 15) is 9.59 Å². The predicted octanol–water partition coefficient (Wildman–Crippen LogP) is 4.29. The molecular formula is C26H28N2O3. The van der Waals surface area contributed by atoms with E-state index in [4.69, 9.17) is 4.74 Å². The van der Waals surface area contributed by atoms with Crippen LogP contribution in [0, 0.1) is 5.41 Å². The van der Waals surface area contributed by atoms with E-state index < -0.39 is 11.5 Å². The molecule has 5 heteroatoms. The minimum atomic E-state index is -0.621. The summed E-state index contributed by atoms with van der Waals surface area (Å²) in [4.78, 5) is 28.0. The molecule has 160 valence electrons. The van der Waals surface area contributed by atoms with Crippen molar-refractivity contribution in [3.05, 3.63) is 77.9 Å². The summed E-state index contributed by atoms with van der Waals surface area (Å²) in [5.74, 6) is 0.357. The highest BCUT2D eigenvalue weighted by Gasteiger charge is 2.40. The summed E-state index contributed by atoms with van der Waals surface area (Å²) < 4.78 is 5.85. The molecule has 0 saturated heterocycles. The molecule has 4 rings (SSSR count). The first-order chi connectivity index (χ1) is 14.8. The van der Waals surface area contributed by atoms with Gasteiger partial charge < -0.3 is 15.0 Å². The van der Waals surface area contributed by atoms with E-state index in [1.807, 2.05) is 81.4 Å². The average Bonchev–Trinajstić information content (AvgIpc) is 2.89. The van der Waals surface area contributed by atoms with Crippen LogP contribution in [0.3, 0.4) is 0 Å². The second kappa shape index (κ2) is 8.42. The third-order valence-electron chi connectivity index (χ3n) is 5.63. The maximum atomic E-state index is 13.3. The van der Waals surface area contributed by atoms with Crippen LogP contribution in [-0.4, -0.2) is 29.4 Å². The third-order valence-corrected chi connectivity index (χ3v) is 5.63. The highest BCUT2D eigenvalue weighted by atomic mass is 16.5. The number of hydrogen-bond acceptors (Lipinski definition) is 3. The summed E-state index contributed by atoms with van der Waals surface area (Å²) in [6.45, 7) is 6.63. The van der Waals surface area contributed by atoms with Crippen LogP contribution < -0.4 is 10.1 Å². The first-order valence-corrected chi connectivity index (χ1v) is 10.6. The minimum Gasteiger partial charge on any atom is -0.483 e. The van der Waals surface area contributed by atoms with Crippen LogP contribution in [0.25, 0.3) is 10.8 Å². The number of carbonyl (C=O) groups excluding carboxylic acids is 2. The quantitative estimate of drug-likeness (QED) is 0.690. The zero-order valence-electron chi connectivity index (χ0n) is 18.2. The fourth-order valence-electron chi connectivity index (χ4n) is 4.14. The number of hydrogen-bond donors (Lipinski definition) is 1. The number of benzene rings is 3. The molecule has 0 saturated carbocycles. The Morgan fingerprint density at radius 3 is 2.35 bits per heavy atom. The lowest BCUT2D eigenvalue weighted by atomic mass is 9.84. The van der Waals surface area contributed by atoms with Crippen molar-refractivity contribution in [3.8, 4) is 5.75 Å². The molecular weight excluding hydrogens is 388 g/mol. The van der Waals surface area contributed by atoms with Crippen LogP contribution in [0.5, 0.6) is 5.75 Å². The van der Waals surface area contributed by atoms with Gasteiger partial charge in [0, 0.05) is 12.1 Å². The molecule has 2 amide bonds. The van der Waals surface area contributed by atoms with Crippen molar-refractivity contribution in [3.63, 3.8) is 0 Å². The average molecular weight is 417 g/mol. The topological polar surface area (TPSA) is 58.6 Å². The van der Waals surface area contributed by atoms with Crippen molar-refractivity contribution in [2.24, 2.45) is 5.41 Å². The lowest BCUT2D eigenvalue weighted by Crippen LogP contribution is -2.55. The molecule has 1 unspecified atom stereocenters. The standard InChI is InChI=1S/C26H28N2O3/c1-26(2,3)24(25(30)27-15-18-9-5-4-6-10-18)28-16-21-13-19-11-7-8-12-20(19)14-22(21)31-17-23(28)29/h4-14,24H,15-17H2,1-3H3,(H,27,30). The molecule has 0 bridgehead atoms. The highest BCUT2D eigenvalue weighted by molar-refractivity contribution is 5.90. The third kappa shape index (κ3) is 4.55. The summed E-state index contributed by atoms with van der Waals surface area (Å²) in [6, 6.07) is 21.2. The van der Waals surface area contributed by atoms with E-state index >= 15 is 0 Å². The largest absolute Gasteiger partial charge is 0.483 e. The van der Waals surface area contributed by atoms with E-state index in [1.165, 1.54) is 0 Å². The number of fused-ring (bicyclic) bond motifs is 2. The predicted molar refractivity (Wildman–Crippen MR) is 122 cm³/mol. The van der Waals surface area contributed by atoms with Crippen LogP contribution in [0.1, 0.15) is 31.9 Å². The van der Waals surface area contributed by atoms with Gasteiger partial charge in [0.2, 0.25) is 5.91 Å². The molecule has 1 aliphatic rings. The van der Waals surface area contributed by atoms with Gasteiger partial charge in [0.05, 0.1) is 6.54 Å². The van der Waals surface area contributed by atoms with Gasteiger partial charge in [-0.15, -0.1) is 0 Å². The summed E-state index contributed by atoms with van der Waals surface area (Å²) in [5, 5.41) is 5.17. The molecule has 31 heavy (non-hydrogen) atoms. The normalized spacial score (nSPS) is 15.1. The van der Waals surface area contributed by atoms with E-state index in [0.717, 1.165) is 21.9 Å². The molecule has 1 atom stereocenters. The van der Waals surface area contributed by atoms with Gasteiger partial charge in [-0.3, -0.25) is 9.59 Å². The van der Waals surface area contributed by atoms with E-state index in [2.05, 4.69) is 11.4 Å². The smallest absolute Gasteiger partial charge is 0.261 e. The van der Waals surface area contributed by atoms with Gasteiger partial charge in [-0.25, -0.2) is 0 Å². The Labute approximate surface area is 183 Å². The molecule has 0 spiro atoms. The van der Waals surface area contributed by atoms with Crippen molar-refractivity contribution in [2.45, 2.75) is 39.9 Å². The Hall–Kier alpha value is -3.34. The summed E-state index contributed by atoms with van der Waals surface area (Å²) in [5.41, 5.74) is 1.48. The van der Waals surface area contributed by atoms with Crippen LogP contribution in [0.4, 0.5) is 0 Å². The Balaban J connectivity index is 1.63. The number of nitrogens with zero attached hydrogens (tertiary/aromatic N) is 1. The van der Waals surface area contributed by atoms with Gasteiger partial charge in [-0.1, -0.05) is 75.4 Å². The number of amides is 2. The minimum absolute atomic E-state index is 0.0795. The second-order valence-corrected chi connectivity index (χ2v) is 9.09. The Kier molecular flexibility index (Phi) is 5.68. The number of ether oxygens (including phenoxy) is 1. The van der Waals surface area contributed by atoms with Crippen LogP contribution in [0.15, 0.2) is 66.7 Å². The van der Waals surface area contributed by atoms with Gasteiger partial charge in [-0.05, 0) is 33.9 Å². The van der Waals surface area contributed by atoms with Gasteiger partial charge in [-0.2, -0.15) is 0 Å². The fourth-order valence-corrected chi connectivity index (χ4v) is 4.14. The van der Waals surface area contributed by atoms with E-state index in [0.29, 0.717) is 18.8 Å². The lowest BCUT2D eigenvalue weighted by molar-refractivity contribution is -0.146. The molecule has 0 aromatic heterocycles. The van der Waals surface area contributed by atoms with Crippen molar-refractivity contribution in [1.82, 2.24) is 10.2 Å². The molecule has 3 aromatic rings. The summed E-state index contributed by atoms with van der Waals surface area (Å²) in [7, 11) is 0. The molecule has 0 fully saturated rings. The number of rotatable bonds is 4. The van der Waals surface area contributed by atoms with Crippen LogP contribution in [-0.2, 0) is 22.7 Å². The molecule has 1 heterocycles. The van der Waals surface area contributed by atoms with Gasteiger partial charge in [0.1, 0.15) is 11.8 Å². The van der Waals surface area contributed by atoms with Gasteiger partial charge in [0.25, 0.3) is 5.91 Å². The van der Waals surface area contributed by atoms with Crippen molar-refractivity contribution in [1.29, 1.82) is 0 Å². The van der Waals surface area contributed by atoms with Crippen molar-refractivity contribution in [2.75, 3.05) is 6.61 Å². The summed E-state index contributed by atoms with van der Waals surface area (Å²) >= 11 is 0. The van der Waals surface area contributed by atoms with Crippen molar-refractivity contribution >= 4 is 22.6 Å². The maximum absolute atomic E-state index is 13.3. The molecule has 1 aliphatic heterocycles.